The normalized spacial score (nSPS) is 10.6. The molecule has 0 atom stereocenters. The number of allylic oxidation sites excluding steroid dienone is 1. The van der Waals surface area contributed by atoms with Crippen LogP contribution in [0.25, 0.3) is 0 Å². The maximum Gasteiger partial charge on any atom is 0.267 e. The van der Waals surface area contributed by atoms with Crippen LogP contribution in [0.2, 0.25) is 0 Å². The van der Waals surface area contributed by atoms with Crippen LogP contribution in [0.3, 0.4) is 0 Å². The van der Waals surface area contributed by atoms with Crippen molar-refractivity contribution in [3.63, 3.8) is 0 Å². The van der Waals surface area contributed by atoms with Crippen LogP contribution in [0.15, 0.2) is 29.3 Å². The van der Waals surface area contributed by atoms with Gasteiger partial charge in [0, 0.05) is 16.6 Å². The third-order valence-electron chi connectivity index (χ3n) is 2.33. The number of carbonyl (C=O) groups excluding carboxylic acids is 1. The molecule has 0 aliphatic rings. The molecule has 0 aliphatic heterocycles. The van der Waals surface area contributed by atoms with Crippen LogP contribution >= 0.6 is 12.2 Å². The maximum absolute atomic E-state index is 11.1. The Labute approximate surface area is 112 Å². The summed E-state index contributed by atoms with van der Waals surface area (Å²) in [6.45, 7) is 7.58. The molecule has 94 valence electrons. The molecule has 5 heteroatoms. The minimum atomic E-state index is -0.589. The fourth-order valence-electron chi connectivity index (χ4n) is 1.20. The Hall–Kier alpha value is -1.88. The number of hydrogen-bond donors (Lipinski definition) is 1. The molecule has 0 saturated carbocycles. The van der Waals surface area contributed by atoms with E-state index in [1.165, 1.54) is 0 Å². The van der Waals surface area contributed by atoms with Crippen molar-refractivity contribution in [3.8, 4) is 0 Å². The molecule has 2 N–H and O–H groups in total. The molecule has 0 radical (unpaired) electrons. The number of hydrogen-bond acceptors (Lipinski definition) is 4. The highest BCUT2D eigenvalue weighted by Gasteiger charge is 2.09. The summed E-state index contributed by atoms with van der Waals surface area (Å²) in [5.41, 5.74) is 6.95. The van der Waals surface area contributed by atoms with Crippen molar-refractivity contribution >= 4 is 35.0 Å². The van der Waals surface area contributed by atoms with Gasteiger partial charge in [0.15, 0.2) is 5.82 Å². The summed E-state index contributed by atoms with van der Waals surface area (Å²) in [4.78, 5) is 20.1. The zero-order valence-electron chi connectivity index (χ0n) is 10.4. The number of rotatable bonds is 5. The van der Waals surface area contributed by atoms with Gasteiger partial charge in [-0.2, -0.15) is 0 Å². The average molecular weight is 261 g/mol. The molecule has 1 aromatic heterocycles. The van der Waals surface area contributed by atoms with E-state index in [4.69, 9.17) is 18.0 Å². The zero-order chi connectivity index (χ0) is 13.7. The number of aliphatic imine (C=N–C) groups is 1. The number of nitrogens with zero attached hydrogens (tertiary/aromatic N) is 2. The summed E-state index contributed by atoms with van der Waals surface area (Å²) in [7, 11) is 0. The molecule has 0 saturated heterocycles. The van der Waals surface area contributed by atoms with Gasteiger partial charge in [0.25, 0.3) is 5.91 Å². The van der Waals surface area contributed by atoms with Crippen molar-refractivity contribution in [3.05, 3.63) is 35.5 Å². The Kier molecular flexibility index (Phi) is 4.85. The van der Waals surface area contributed by atoms with E-state index in [0.29, 0.717) is 10.7 Å². The van der Waals surface area contributed by atoms with E-state index in [1.807, 2.05) is 6.92 Å². The summed E-state index contributed by atoms with van der Waals surface area (Å²) in [5.74, 6) is -0.192. The number of nitrogens with two attached hydrogens (primary N) is 1. The van der Waals surface area contributed by atoms with Gasteiger partial charge < -0.3 is 5.73 Å². The van der Waals surface area contributed by atoms with Crippen LogP contribution in [0.4, 0.5) is 5.82 Å². The summed E-state index contributed by atoms with van der Waals surface area (Å²) in [6.07, 6.45) is 2.42. The van der Waals surface area contributed by atoms with Crippen molar-refractivity contribution in [2.24, 2.45) is 10.7 Å². The number of pyridine rings is 1. The largest absolute Gasteiger partial charge is 0.364 e. The van der Waals surface area contributed by atoms with Crippen LogP contribution in [0, 0.1) is 0 Å². The molecule has 0 bridgehead atoms. The Morgan fingerprint density at radius 3 is 2.78 bits per heavy atom. The van der Waals surface area contributed by atoms with Crippen molar-refractivity contribution in [2.75, 3.05) is 0 Å². The Morgan fingerprint density at radius 2 is 2.28 bits per heavy atom. The molecular formula is C13H15N3OS. The standard InChI is InChI=1S/C13H15N3OS/c1-4-8(2)7-15-13-10(9(3)18)5-6-11(16-13)12(14)17/h5-7H,2,4H2,1,3H3,(H2,14,17). The first-order chi connectivity index (χ1) is 8.45. The predicted octanol–water partition coefficient (Wildman–Crippen LogP) is 2.59. The van der Waals surface area contributed by atoms with Crippen LogP contribution in [0.1, 0.15) is 36.3 Å². The minimum absolute atomic E-state index is 0.171. The van der Waals surface area contributed by atoms with E-state index in [-0.39, 0.29) is 5.69 Å². The molecule has 0 fully saturated rings. The second-order valence-corrected chi connectivity index (χ2v) is 4.37. The van der Waals surface area contributed by atoms with Crippen LogP contribution in [-0.4, -0.2) is 22.0 Å². The van der Waals surface area contributed by atoms with Gasteiger partial charge in [-0.3, -0.25) is 4.79 Å². The number of thiocarbonyl (C=S) groups is 1. The maximum atomic E-state index is 11.1. The zero-order valence-corrected chi connectivity index (χ0v) is 11.3. The number of carbonyl (C=O) groups is 1. The molecule has 18 heavy (non-hydrogen) atoms. The first-order valence-corrected chi connectivity index (χ1v) is 5.90. The lowest BCUT2D eigenvalue weighted by atomic mass is 10.2. The van der Waals surface area contributed by atoms with Crippen molar-refractivity contribution in [2.45, 2.75) is 20.3 Å². The van der Waals surface area contributed by atoms with E-state index in [9.17, 15) is 4.79 Å². The van der Waals surface area contributed by atoms with Gasteiger partial charge in [0.05, 0.1) is 0 Å². The van der Waals surface area contributed by atoms with E-state index < -0.39 is 5.91 Å². The Morgan fingerprint density at radius 1 is 1.61 bits per heavy atom. The summed E-state index contributed by atoms with van der Waals surface area (Å²) >= 11 is 5.11. The molecular weight excluding hydrogens is 246 g/mol. The van der Waals surface area contributed by atoms with Crippen molar-refractivity contribution < 1.29 is 4.79 Å². The highest BCUT2D eigenvalue weighted by Crippen LogP contribution is 2.18. The van der Waals surface area contributed by atoms with Crippen molar-refractivity contribution in [1.82, 2.24) is 4.98 Å². The highest BCUT2D eigenvalue weighted by molar-refractivity contribution is 7.80. The highest BCUT2D eigenvalue weighted by atomic mass is 32.1. The topological polar surface area (TPSA) is 68.3 Å². The van der Waals surface area contributed by atoms with E-state index in [0.717, 1.165) is 17.6 Å². The third kappa shape index (κ3) is 3.56. The molecule has 0 unspecified atom stereocenters. The lowest BCUT2D eigenvalue weighted by molar-refractivity contribution is 0.0995. The average Bonchev–Trinajstić information content (AvgIpc) is 2.35. The quantitative estimate of drug-likeness (QED) is 0.503. The van der Waals surface area contributed by atoms with Gasteiger partial charge in [-0.1, -0.05) is 25.7 Å². The third-order valence-corrected chi connectivity index (χ3v) is 2.55. The summed E-state index contributed by atoms with van der Waals surface area (Å²) in [5, 5.41) is 0. The monoisotopic (exact) mass is 261 g/mol. The second kappa shape index (κ2) is 6.16. The van der Waals surface area contributed by atoms with Gasteiger partial charge in [-0.05, 0) is 31.1 Å². The molecule has 1 rings (SSSR count). The first kappa shape index (κ1) is 14.2. The second-order valence-electron chi connectivity index (χ2n) is 3.76. The molecule has 0 aliphatic carbocycles. The summed E-state index contributed by atoms with van der Waals surface area (Å²) in [6, 6.07) is 3.25. The van der Waals surface area contributed by atoms with E-state index in [1.54, 1.807) is 25.3 Å². The summed E-state index contributed by atoms with van der Waals surface area (Å²) < 4.78 is 0. The van der Waals surface area contributed by atoms with Crippen LogP contribution in [-0.2, 0) is 0 Å². The number of amides is 1. The van der Waals surface area contributed by atoms with Gasteiger partial charge in [-0.15, -0.1) is 0 Å². The molecule has 0 aromatic carbocycles. The molecule has 0 spiro atoms. The fraction of sp³-hybridized carbons (Fsp3) is 0.231. The lowest BCUT2D eigenvalue weighted by Gasteiger charge is -2.04. The predicted molar refractivity (Wildman–Crippen MR) is 77.7 cm³/mol. The first-order valence-electron chi connectivity index (χ1n) is 5.49. The SMILES string of the molecule is C=C(C=Nc1nc(C(N)=O)ccc1C(C)=S)CC. The Bertz CT molecular complexity index is 535. The lowest BCUT2D eigenvalue weighted by Crippen LogP contribution is -2.13. The molecule has 1 aromatic rings. The van der Waals surface area contributed by atoms with Gasteiger partial charge in [0.2, 0.25) is 0 Å². The molecule has 4 nitrogen and oxygen atoms in total. The van der Waals surface area contributed by atoms with Gasteiger partial charge in [-0.25, -0.2) is 9.98 Å². The van der Waals surface area contributed by atoms with E-state index in [2.05, 4.69) is 16.6 Å². The van der Waals surface area contributed by atoms with E-state index >= 15 is 0 Å². The number of primary amides is 1. The molecule has 1 amide bonds. The van der Waals surface area contributed by atoms with Gasteiger partial charge in [0.1, 0.15) is 5.69 Å². The fourth-order valence-corrected chi connectivity index (χ4v) is 1.36. The molecule has 1 heterocycles. The van der Waals surface area contributed by atoms with Crippen molar-refractivity contribution in [1.29, 1.82) is 0 Å². The minimum Gasteiger partial charge on any atom is -0.364 e. The Balaban J connectivity index is 3.23. The van der Waals surface area contributed by atoms with Crippen LogP contribution in [0.5, 0.6) is 0 Å². The van der Waals surface area contributed by atoms with Crippen LogP contribution < -0.4 is 5.73 Å². The van der Waals surface area contributed by atoms with Gasteiger partial charge >= 0.3 is 0 Å². The smallest absolute Gasteiger partial charge is 0.267 e. The number of aromatic nitrogens is 1.